The Morgan fingerprint density at radius 2 is 1.93 bits per heavy atom. The number of nitrogens with zero attached hydrogens (tertiary/aromatic N) is 2. The Hall–Kier alpha value is -2.57. The van der Waals surface area contributed by atoms with E-state index in [1.165, 1.54) is 4.90 Å². The van der Waals surface area contributed by atoms with E-state index in [4.69, 9.17) is 9.47 Å². The fraction of sp³-hybridized carbons (Fsp3) is 0.571. The molecule has 1 aromatic rings. The minimum atomic E-state index is -0.576. The van der Waals surface area contributed by atoms with Gasteiger partial charge in [0.2, 0.25) is 5.91 Å². The molecule has 0 saturated carbocycles. The number of rotatable bonds is 4. The van der Waals surface area contributed by atoms with Crippen molar-refractivity contribution in [2.45, 2.75) is 51.7 Å². The molecule has 2 fully saturated rings. The van der Waals surface area contributed by atoms with E-state index in [9.17, 15) is 14.4 Å². The second kappa shape index (κ2) is 8.20. The highest BCUT2D eigenvalue weighted by Gasteiger charge is 2.39. The van der Waals surface area contributed by atoms with Crippen LogP contribution in [0.2, 0.25) is 0 Å². The van der Waals surface area contributed by atoms with Gasteiger partial charge in [-0.05, 0) is 45.1 Å². The molecule has 7 nitrogen and oxygen atoms in total. The van der Waals surface area contributed by atoms with Gasteiger partial charge in [-0.15, -0.1) is 0 Å². The van der Waals surface area contributed by atoms with E-state index in [0.717, 1.165) is 12.0 Å². The molecule has 0 N–H and O–H groups in total. The first-order chi connectivity index (χ1) is 13.2. The van der Waals surface area contributed by atoms with Crippen molar-refractivity contribution in [1.29, 1.82) is 0 Å². The van der Waals surface area contributed by atoms with Gasteiger partial charge in [-0.2, -0.15) is 0 Å². The summed E-state index contributed by atoms with van der Waals surface area (Å²) in [7, 11) is 0. The number of ether oxygens (including phenoxy) is 2. The van der Waals surface area contributed by atoms with E-state index in [2.05, 4.69) is 0 Å². The Balaban J connectivity index is 1.56. The third-order valence-electron chi connectivity index (χ3n) is 4.94. The van der Waals surface area contributed by atoms with E-state index in [1.807, 2.05) is 51.1 Å². The van der Waals surface area contributed by atoms with E-state index >= 15 is 0 Å². The number of cyclic esters (lactones) is 1. The zero-order chi connectivity index (χ0) is 20.3. The highest BCUT2D eigenvalue weighted by molar-refractivity contribution is 5.93. The van der Waals surface area contributed by atoms with Gasteiger partial charge in [0, 0.05) is 19.5 Å². The fourth-order valence-electron chi connectivity index (χ4n) is 3.64. The zero-order valence-corrected chi connectivity index (χ0v) is 16.7. The molecule has 0 radical (unpaired) electrons. The summed E-state index contributed by atoms with van der Waals surface area (Å²) in [5, 5.41) is 0. The molecule has 0 bridgehead atoms. The lowest BCUT2D eigenvalue weighted by Gasteiger charge is -2.24. The van der Waals surface area contributed by atoms with Crippen LogP contribution in [0.25, 0.3) is 0 Å². The van der Waals surface area contributed by atoms with Gasteiger partial charge in [0.15, 0.2) is 0 Å². The van der Waals surface area contributed by atoms with Crippen molar-refractivity contribution in [1.82, 2.24) is 9.80 Å². The minimum absolute atomic E-state index is 0.0193. The number of likely N-dealkylation sites (tertiary alicyclic amines) is 1. The molecule has 2 aliphatic rings. The molecule has 2 saturated heterocycles. The maximum absolute atomic E-state index is 12.8. The molecule has 3 rings (SSSR count). The van der Waals surface area contributed by atoms with E-state index < -0.39 is 11.7 Å². The molecule has 1 aromatic carbocycles. The molecular formula is C21H28N2O5. The SMILES string of the molecule is CC(C)(C)OC(=O)N1CCC(CC(=O)N2C(=O)OCC2Cc2ccccc2)C1. The quantitative estimate of drug-likeness (QED) is 0.792. The molecular weight excluding hydrogens is 360 g/mol. The lowest BCUT2D eigenvalue weighted by molar-refractivity contribution is -0.130. The average Bonchev–Trinajstić information content (AvgIpc) is 3.21. The van der Waals surface area contributed by atoms with Crippen LogP contribution in [-0.4, -0.2) is 59.2 Å². The molecule has 3 amide bonds. The zero-order valence-electron chi connectivity index (χ0n) is 16.7. The fourth-order valence-corrected chi connectivity index (χ4v) is 3.64. The monoisotopic (exact) mass is 388 g/mol. The van der Waals surface area contributed by atoms with Gasteiger partial charge in [-0.25, -0.2) is 14.5 Å². The van der Waals surface area contributed by atoms with Crippen molar-refractivity contribution in [3.05, 3.63) is 35.9 Å². The predicted octanol–water partition coefficient (Wildman–Crippen LogP) is 3.22. The molecule has 2 heterocycles. The van der Waals surface area contributed by atoms with Crippen molar-refractivity contribution in [2.24, 2.45) is 5.92 Å². The molecule has 28 heavy (non-hydrogen) atoms. The number of carbonyl (C=O) groups is 3. The topological polar surface area (TPSA) is 76.2 Å². The van der Waals surface area contributed by atoms with Crippen LogP contribution in [0.4, 0.5) is 9.59 Å². The smallest absolute Gasteiger partial charge is 0.416 e. The molecule has 152 valence electrons. The molecule has 2 unspecified atom stereocenters. The summed E-state index contributed by atoms with van der Waals surface area (Å²) in [6.07, 6.45) is 0.585. The Morgan fingerprint density at radius 1 is 1.21 bits per heavy atom. The molecule has 2 atom stereocenters. The van der Waals surface area contributed by atoms with Crippen molar-refractivity contribution in [3.63, 3.8) is 0 Å². The lowest BCUT2D eigenvalue weighted by atomic mass is 10.0. The Labute approximate surface area is 165 Å². The van der Waals surface area contributed by atoms with E-state index in [1.54, 1.807) is 4.90 Å². The minimum Gasteiger partial charge on any atom is -0.447 e. The number of hydrogen-bond donors (Lipinski definition) is 0. The lowest BCUT2D eigenvalue weighted by Crippen LogP contribution is -2.41. The van der Waals surface area contributed by atoms with Gasteiger partial charge in [0.1, 0.15) is 12.2 Å². The summed E-state index contributed by atoms with van der Waals surface area (Å²) in [5.74, 6) is -0.217. The summed E-state index contributed by atoms with van der Waals surface area (Å²) in [4.78, 5) is 40.0. The molecule has 2 aliphatic heterocycles. The van der Waals surface area contributed by atoms with Crippen molar-refractivity contribution in [2.75, 3.05) is 19.7 Å². The first-order valence-electron chi connectivity index (χ1n) is 9.73. The standard InChI is InChI=1S/C21H28N2O5/c1-21(2,3)28-19(25)22-10-9-16(13-22)12-18(24)23-17(14-27-20(23)26)11-15-7-5-4-6-8-15/h4-8,16-17H,9-14H2,1-3H3. The van der Waals surface area contributed by atoms with Crippen LogP contribution in [0.15, 0.2) is 30.3 Å². The Morgan fingerprint density at radius 3 is 2.61 bits per heavy atom. The average molecular weight is 388 g/mol. The maximum Gasteiger partial charge on any atom is 0.416 e. The Bertz CT molecular complexity index is 728. The van der Waals surface area contributed by atoms with Crippen LogP contribution >= 0.6 is 0 Å². The number of carbonyl (C=O) groups excluding carboxylic acids is 3. The second-order valence-corrected chi connectivity index (χ2v) is 8.47. The number of imide groups is 1. The summed E-state index contributed by atoms with van der Waals surface area (Å²) in [5.41, 5.74) is 0.509. The third-order valence-corrected chi connectivity index (χ3v) is 4.94. The Kier molecular flexibility index (Phi) is 5.91. The normalized spacial score (nSPS) is 22.3. The van der Waals surface area contributed by atoms with Crippen molar-refractivity contribution in [3.8, 4) is 0 Å². The number of benzene rings is 1. The van der Waals surface area contributed by atoms with Gasteiger partial charge in [-0.3, -0.25) is 4.79 Å². The predicted molar refractivity (Wildman–Crippen MR) is 103 cm³/mol. The van der Waals surface area contributed by atoms with Gasteiger partial charge >= 0.3 is 12.2 Å². The second-order valence-electron chi connectivity index (χ2n) is 8.47. The van der Waals surface area contributed by atoms with Crippen molar-refractivity contribution < 1.29 is 23.9 Å². The summed E-state index contributed by atoms with van der Waals surface area (Å²) < 4.78 is 10.5. The number of hydrogen-bond acceptors (Lipinski definition) is 5. The highest BCUT2D eigenvalue weighted by Crippen LogP contribution is 2.25. The van der Waals surface area contributed by atoms with Gasteiger partial charge < -0.3 is 14.4 Å². The third kappa shape index (κ3) is 5.03. The first-order valence-corrected chi connectivity index (χ1v) is 9.73. The highest BCUT2D eigenvalue weighted by atomic mass is 16.6. The largest absolute Gasteiger partial charge is 0.447 e. The van der Waals surface area contributed by atoms with Gasteiger partial charge in [0.25, 0.3) is 0 Å². The van der Waals surface area contributed by atoms with Crippen LogP contribution < -0.4 is 0 Å². The van der Waals surface area contributed by atoms with Crippen LogP contribution in [0.1, 0.15) is 39.2 Å². The van der Waals surface area contributed by atoms with Crippen LogP contribution in [0.3, 0.4) is 0 Å². The van der Waals surface area contributed by atoms with Crippen LogP contribution in [-0.2, 0) is 20.7 Å². The van der Waals surface area contributed by atoms with Crippen LogP contribution in [0, 0.1) is 5.92 Å². The summed E-state index contributed by atoms with van der Waals surface area (Å²) >= 11 is 0. The maximum atomic E-state index is 12.8. The molecule has 7 heteroatoms. The van der Waals surface area contributed by atoms with E-state index in [0.29, 0.717) is 19.5 Å². The van der Waals surface area contributed by atoms with Crippen molar-refractivity contribution >= 4 is 18.1 Å². The summed E-state index contributed by atoms with van der Waals surface area (Å²) in [6, 6.07) is 9.46. The number of amides is 3. The molecule has 0 aliphatic carbocycles. The summed E-state index contributed by atoms with van der Waals surface area (Å²) in [6.45, 7) is 6.72. The van der Waals surface area contributed by atoms with E-state index in [-0.39, 0.29) is 37.0 Å². The molecule has 0 aromatic heterocycles. The molecule has 0 spiro atoms. The van der Waals surface area contributed by atoms with Crippen LogP contribution in [0.5, 0.6) is 0 Å². The van der Waals surface area contributed by atoms with Gasteiger partial charge in [0.05, 0.1) is 6.04 Å². The first kappa shape index (κ1) is 20.2. The van der Waals surface area contributed by atoms with Gasteiger partial charge in [-0.1, -0.05) is 30.3 Å².